The highest BCUT2D eigenvalue weighted by molar-refractivity contribution is 6.33. The van der Waals surface area contributed by atoms with Gasteiger partial charge in [-0.3, -0.25) is 0 Å². The van der Waals surface area contributed by atoms with Crippen LogP contribution in [0.2, 0.25) is 5.02 Å². The Balaban J connectivity index is 1.84. The van der Waals surface area contributed by atoms with Crippen LogP contribution in [0.5, 0.6) is 11.5 Å². The van der Waals surface area contributed by atoms with Crippen LogP contribution in [0, 0.1) is 0 Å². The van der Waals surface area contributed by atoms with Crippen molar-refractivity contribution in [3.05, 3.63) is 47.5 Å². The quantitative estimate of drug-likeness (QED) is 0.583. The van der Waals surface area contributed by atoms with Crippen LogP contribution in [0.15, 0.2) is 42.5 Å². The number of benzene rings is 2. The van der Waals surface area contributed by atoms with E-state index in [-0.39, 0.29) is 6.73 Å². The molecule has 0 aliphatic heterocycles. The number of ether oxygens (including phenoxy) is 2. The van der Waals surface area contributed by atoms with Crippen molar-refractivity contribution < 1.29 is 14.3 Å². The smallest absolute Gasteiger partial charge is 0.321 e. The summed E-state index contributed by atoms with van der Waals surface area (Å²) in [6.45, 7) is -0.00505. The van der Waals surface area contributed by atoms with E-state index < -0.39 is 6.03 Å². The number of nitrogen functional groups attached to an aromatic ring is 1. The lowest BCUT2D eigenvalue weighted by atomic mass is 10.3. The molecule has 0 fully saturated rings. The van der Waals surface area contributed by atoms with Crippen LogP contribution in [0.4, 0.5) is 16.2 Å². The summed E-state index contributed by atoms with van der Waals surface area (Å²) in [4.78, 5) is 11.7. The first-order chi connectivity index (χ1) is 10.6. The van der Waals surface area contributed by atoms with E-state index in [1.807, 2.05) is 12.1 Å². The second-order valence-electron chi connectivity index (χ2n) is 4.31. The number of methoxy groups -OCH3 is 1. The van der Waals surface area contributed by atoms with Gasteiger partial charge < -0.3 is 25.8 Å². The van der Waals surface area contributed by atoms with Crippen molar-refractivity contribution in [1.29, 1.82) is 0 Å². The van der Waals surface area contributed by atoms with Crippen LogP contribution in [0.25, 0.3) is 0 Å². The van der Waals surface area contributed by atoms with Gasteiger partial charge in [-0.2, -0.15) is 0 Å². The lowest BCUT2D eigenvalue weighted by molar-refractivity contribution is 0.231. The number of halogens is 1. The van der Waals surface area contributed by atoms with Crippen LogP contribution in [-0.4, -0.2) is 19.9 Å². The van der Waals surface area contributed by atoms with Gasteiger partial charge in [0, 0.05) is 5.69 Å². The van der Waals surface area contributed by atoms with Gasteiger partial charge in [-0.25, -0.2) is 4.79 Å². The van der Waals surface area contributed by atoms with Gasteiger partial charge in [0.1, 0.15) is 0 Å². The Kier molecular flexibility index (Phi) is 5.32. The minimum absolute atomic E-state index is 0.00505. The van der Waals surface area contributed by atoms with Crippen LogP contribution >= 0.6 is 11.6 Å². The minimum atomic E-state index is -0.421. The van der Waals surface area contributed by atoms with Crippen LogP contribution < -0.4 is 25.8 Å². The first-order valence-electron chi connectivity index (χ1n) is 6.46. The second-order valence-corrected chi connectivity index (χ2v) is 4.71. The van der Waals surface area contributed by atoms with E-state index in [0.29, 0.717) is 27.9 Å². The number of para-hydroxylation sites is 2. The maximum absolute atomic E-state index is 11.7. The molecular formula is C15H16ClN3O3. The minimum Gasteiger partial charge on any atom is -0.493 e. The fourth-order valence-electron chi connectivity index (χ4n) is 1.70. The van der Waals surface area contributed by atoms with Crippen molar-refractivity contribution in [3.63, 3.8) is 0 Å². The van der Waals surface area contributed by atoms with Crippen LogP contribution in [0.1, 0.15) is 0 Å². The molecule has 2 aromatic carbocycles. The lowest BCUT2D eigenvalue weighted by Crippen LogP contribution is -2.32. The molecule has 22 heavy (non-hydrogen) atoms. The molecule has 116 valence electrons. The molecule has 6 nitrogen and oxygen atoms in total. The van der Waals surface area contributed by atoms with E-state index in [1.54, 1.807) is 37.4 Å². The average Bonchev–Trinajstić information content (AvgIpc) is 2.51. The number of hydrogen-bond donors (Lipinski definition) is 3. The van der Waals surface area contributed by atoms with Crippen molar-refractivity contribution in [3.8, 4) is 11.5 Å². The molecule has 7 heteroatoms. The van der Waals surface area contributed by atoms with E-state index in [2.05, 4.69) is 10.6 Å². The standard InChI is InChI=1S/C15H16ClN3O3/c1-21-13-4-2-3-5-14(13)22-9-18-15(20)19-10-6-7-12(17)11(16)8-10/h2-8H,9,17H2,1H3,(H2,18,19,20). The Labute approximate surface area is 133 Å². The Bertz CT molecular complexity index is 664. The third-order valence-electron chi connectivity index (χ3n) is 2.79. The summed E-state index contributed by atoms with van der Waals surface area (Å²) in [7, 11) is 1.55. The number of carbonyl (C=O) groups excluding carboxylic acids is 1. The number of anilines is 2. The van der Waals surface area contributed by atoms with Gasteiger partial charge in [-0.15, -0.1) is 0 Å². The van der Waals surface area contributed by atoms with Crippen LogP contribution in [-0.2, 0) is 0 Å². The fourth-order valence-corrected chi connectivity index (χ4v) is 1.88. The molecule has 0 unspecified atom stereocenters. The molecule has 0 spiro atoms. The zero-order valence-corrected chi connectivity index (χ0v) is 12.7. The number of hydrogen-bond acceptors (Lipinski definition) is 4. The molecule has 0 saturated carbocycles. The summed E-state index contributed by atoms with van der Waals surface area (Å²) >= 11 is 5.88. The fraction of sp³-hybridized carbons (Fsp3) is 0.133. The van der Waals surface area contributed by atoms with E-state index in [4.69, 9.17) is 26.8 Å². The Morgan fingerprint density at radius 1 is 1.23 bits per heavy atom. The van der Waals surface area contributed by atoms with Crippen molar-refractivity contribution >= 4 is 29.0 Å². The zero-order chi connectivity index (χ0) is 15.9. The molecule has 2 amide bonds. The first kappa shape index (κ1) is 15.8. The van der Waals surface area contributed by atoms with Crippen molar-refractivity contribution in [1.82, 2.24) is 5.32 Å². The average molecular weight is 322 g/mol. The summed E-state index contributed by atoms with van der Waals surface area (Å²) in [5.74, 6) is 1.14. The van der Waals surface area contributed by atoms with Gasteiger partial charge in [0.05, 0.1) is 17.8 Å². The second kappa shape index (κ2) is 7.42. The predicted molar refractivity (Wildman–Crippen MR) is 86.5 cm³/mol. The molecule has 0 aliphatic carbocycles. The lowest BCUT2D eigenvalue weighted by Gasteiger charge is -2.12. The molecule has 0 bridgehead atoms. The van der Waals surface area contributed by atoms with Gasteiger partial charge in [0.15, 0.2) is 18.2 Å². The van der Waals surface area contributed by atoms with Crippen molar-refractivity contribution in [2.24, 2.45) is 0 Å². The molecule has 2 rings (SSSR count). The maximum Gasteiger partial charge on any atom is 0.321 e. The largest absolute Gasteiger partial charge is 0.493 e. The van der Waals surface area contributed by atoms with E-state index in [1.165, 1.54) is 0 Å². The summed E-state index contributed by atoms with van der Waals surface area (Å²) in [6, 6.07) is 11.6. The van der Waals surface area contributed by atoms with Crippen LogP contribution in [0.3, 0.4) is 0 Å². The van der Waals surface area contributed by atoms with Gasteiger partial charge in [-0.05, 0) is 30.3 Å². The summed E-state index contributed by atoms with van der Waals surface area (Å²) in [6.07, 6.45) is 0. The molecule has 4 N–H and O–H groups in total. The summed E-state index contributed by atoms with van der Waals surface area (Å²) < 4.78 is 10.6. The van der Waals surface area contributed by atoms with Gasteiger partial charge in [0.2, 0.25) is 0 Å². The number of amides is 2. The maximum atomic E-state index is 11.7. The molecular weight excluding hydrogens is 306 g/mol. The molecule has 0 aromatic heterocycles. The number of nitrogens with two attached hydrogens (primary N) is 1. The predicted octanol–water partition coefficient (Wildman–Crippen LogP) is 3.09. The first-order valence-corrected chi connectivity index (χ1v) is 6.83. The van der Waals surface area contributed by atoms with Crippen molar-refractivity contribution in [2.75, 3.05) is 24.9 Å². The Morgan fingerprint density at radius 3 is 2.64 bits per heavy atom. The number of nitrogens with one attached hydrogen (secondary N) is 2. The SMILES string of the molecule is COc1ccccc1OCNC(=O)Nc1ccc(N)c(Cl)c1. The molecule has 0 atom stereocenters. The van der Waals surface area contributed by atoms with Crippen molar-refractivity contribution in [2.45, 2.75) is 0 Å². The highest BCUT2D eigenvalue weighted by Gasteiger charge is 2.05. The highest BCUT2D eigenvalue weighted by atomic mass is 35.5. The highest BCUT2D eigenvalue weighted by Crippen LogP contribution is 2.25. The Hall–Kier alpha value is -2.60. The zero-order valence-electron chi connectivity index (χ0n) is 11.9. The summed E-state index contributed by atoms with van der Waals surface area (Å²) in [5.41, 5.74) is 6.59. The normalized spacial score (nSPS) is 9.91. The third kappa shape index (κ3) is 4.20. The molecule has 2 aromatic rings. The van der Waals surface area contributed by atoms with Gasteiger partial charge >= 0.3 is 6.03 Å². The number of carbonyl (C=O) groups is 1. The third-order valence-corrected chi connectivity index (χ3v) is 3.12. The topological polar surface area (TPSA) is 85.6 Å². The van der Waals surface area contributed by atoms with Gasteiger partial charge in [-0.1, -0.05) is 23.7 Å². The monoisotopic (exact) mass is 321 g/mol. The van der Waals surface area contributed by atoms with E-state index in [0.717, 1.165) is 0 Å². The number of rotatable bonds is 5. The Morgan fingerprint density at radius 2 is 1.95 bits per heavy atom. The number of urea groups is 1. The summed E-state index contributed by atoms with van der Waals surface area (Å²) in [5, 5.41) is 5.56. The molecule has 0 heterocycles. The molecule has 0 aliphatic rings. The molecule has 0 saturated heterocycles. The van der Waals surface area contributed by atoms with E-state index >= 15 is 0 Å². The molecule has 0 radical (unpaired) electrons. The van der Waals surface area contributed by atoms with E-state index in [9.17, 15) is 4.79 Å². The van der Waals surface area contributed by atoms with Gasteiger partial charge in [0.25, 0.3) is 0 Å².